The molecule has 2 atom stereocenters. The highest BCUT2D eigenvalue weighted by atomic mass is 16.5. The van der Waals surface area contributed by atoms with Gasteiger partial charge in [0.15, 0.2) is 6.61 Å². The third-order valence-corrected chi connectivity index (χ3v) is 5.87. The van der Waals surface area contributed by atoms with Crippen LogP contribution >= 0.6 is 0 Å². The number of nitrogens with one attached hydrogen (secondary N) is 1. The summed E-state index contributed by atoms with van der Waals surface area (Å²) in [6.07, 6.45) is 8.26. The largest absolute Gasteiger partial charge is 0.451 e. The summed E-state index contributed by atoms with van der Waals surface area (Å²) in [5.41, 5.74) is 2.93. The van der Waals surface area contributed by atoms with Crippen LogP contribution in [-0.4, -0.2) is 29.1 Å². The molecule has 1 aromatic heterocycles. The molecule has 6 nitrogen and oxygen atoms in total. The van der Waals surface area contributed by atoms with Crippen molar-refractivity contribution in [1.29, 1.82) is 5.26 Å². The number of ether oxygens (including phenoxy) is 1. The lowest BCUT2D eigenvalue weighted by atomic mass is 9.86. The van der Waals surface area contributed by atoms with E-state index in [1.807, 2.05) is 26.0 Å². The first-order valence-corrected chi connectivity index (χ1v) is 10.2. The van der Waals surface area contributed by atoms with Gasteiger partial charge < -0.3 is 14.6 Å². The summed E-state index contributed by atoms with van der Waals surface area (Å²) in [5.74, 6) is -0.633. The van der Waals surface area contributed by atoms with Crippen molar-refractivity contribution in [3.05, 3.63) is 28.6 Å². The first-order valence-electron chi connectivity index (χ1n) is 10.2. The van der Waals surface area contributed by atoms with E-state index in [0.29, 0.717) is 12.0 Å². The normalized spacial score (nSPS) is 22.4. The molecule has 0 aliphatic heterocycles. The van der Waals surface area contributed by atoms with Gasteiger partial charge in [0.25, 0.3) is 5.91 Å². The van der Waals surface area contributed by atoms with Crippen LogP contribution in [-0.2, 0) is 14.3 Å². The predicted molar refractivity (Wildman–Crippen MR) is 106 cm³/mol. The first kappa shape index (κ1) is 20.2. The minimum absolute atomic E-state index is 0.0881. The average Bonchev–Trinajstić information content (AvgIpc) is 3.45. The van der Waals surface area contributed by atoms with Crippen molar-refractivity contribution in [2.75, 3.05) is 6.61 Å². The Labute approximate surface area is 166 Å². The molecule has 1 aromatic rings. The van der Waals surface area contributed by atoms with Crippen LogP contribution in [0.4, 0.5) is 0 Å². The third-order valence-electron chi connectivity index (χ3n) is 5.87. The first-order chi connectivity index (χ1) is 13.4. The Hall–Kier alpha value is -2.55. The Kier molecular flexibility index (Phi) is 6.23. The topological polar surface area (TPSA) is 84.1 Å². The molecule has 2 aliphatic rings. The SMILES string of the molecule is Cc1cc(/C=C(\C#N)C(=O)OCC(=O)N[C@H]2CCCC[C@@H]2C)c(C)n1C1CC1. The Balaban J connectivity index is 1.59. The van der Waals surface area contributed by atoms with Crippen molar-refractivity contribution >= 4 is 18.0 Å². The molecule has 0 unspecified atom stereocenters. The van der Waals surface area contributed by atoms with Crippen molar-refractivity contribution in [3.63, 3.8) is 0 Å². The van der Waals surface area contributed by atoms with Gasteiger partial charge in [-0.3, -0.25) is 4.79 Å². The molecule has 2 saturated carbocycles. The second kappa shape index (κ2) is 8.64. The molecule has 0 radical (unpaired) electrons. The predicted octanol–water partition coefficient (Wildman–Crippen LogP) is 3.58. The quantitative estimate of drug-likeness (QED) is 0.462. The van der Waals surface area contributed by atoms with Gasteiger partial charge in [0.1, 0.15) is 11.6 Å². The number of aromatic nitrogens is 1. The zero-order valence-corrected chi connectivity index (χ0v) is 17.0. The van der Waals surface area contributed by atoms with Crippen LogP contribution in [0.25, 0.3) is 6.08 Å². The van der Waals surface area contributed by atoms with Crippen LogP contribution < -0.4 is 5.32 Å². The molecule has 2 aliphatic carbocycles. The van der Waals surface area contributed by atoms with Crippen molar-refractivity contribution in [2.45, 2.75) is 71.4 Å². The van der Waals surface area contributed by atoms with Gasteiger partial charge in [0.05, 0.1) is 0 Å². The molecule has 28 heavy (non-hydrogen) atoms. The Morgan fingerprint density at radius 1 is 1.29 bits per heavy atom. The zero-order valence-electron chi connectivity index (χ0n) is 17.0. The molecule has 3 rings (SSSR count). The fourth-order valence-corrected chi connectivity index (χ4v) is 4.12. The molecule has 2 fully saturated rings. The molecule has 0 aromatic carbocycles. The van der Waals surface area contributed by atoms with Crippen LogP contribution in [0.5, 0.6) is 0 Å². The minimum atomic E-state index is -0.759. The maximum Gasteiger partial charge on any atom is 0.349 e. The van der Waals surface area contributed by atoms with Crippen LogP contribution in [0.3, 0.4) is 0 Å². The van der Waals surface area contributed by atoms with Gasteiger partial charge in [-0.2, -0.15) is 5.26 Å². The number of aryl methyl sites for hydroxylation is 1. The molecule has 1 heterocycles. The maximum atomic E-state index is 12.3. The highest BCUT2D eigenvalue weighted by molar-refractivity contribution is 5.99. The van der Waals surface area contributed by atoms with Crippen LogP contribution in [0.15, 0.2) is 11.6 Å². The molecule has 150 valence electrons. The van der Waals surface area contributed by atoms with E-state index in [0.717, 1.165) is 36.2 Å². The van der Waals surface area contributed by atoms with Gasteiger partial charge in [-0.1, -0.05) is 19.8 Å². The van der Waals surface area contributed by atoms with Gasteiger partial charge in [0.2, 0.25) is 0 Å². The average molecular weight is 383 g/mol. The van der Waals surface area contributed by atoms with E-state index < -0.39 is 5.97 Å². The van der Waals surface area contributed by atoms with Crippen LogP contribution in [0.1, 0.15) is 68.4 Å². The van der Waals surface area contributed by atoms with Crippen molar-refractivity contribution in [1.82, 2.24) is 9.88 Å². The lowest BCUT2D eigenvalue weighted by Crippen LogP contribution is -2.42. The summed E-state index contributed by atoms with van der Waals surface area (Å²) in [4.78, 5) is 24.4. The number of rotatable bonds is 6. The number of amides is 1. The van der Waals surface area contributed by atoms with Crippen LogP contribution in [0, 0.1) is 31.1 Å². The van der Waals surface area contributed by atoms with Gasteiger partial charge in [-0.15, -0.1) is 0 Å². The van der Waals surface area contributed by atoms with Gasteiger partial charge >= 0.3 is 5.97 Å². The fourth-order valence-electron chi connectivity index (χ4n) is 4.12. The monoisotopic (exact) mass is 383 g/mol. The molecule has 1 N–H and O–H groups in total. The standard InChI is InChI=1S/C22H29N3O3/c1-14-6-4-5-7-20(14)24-21(26)13-28-22(27)18(12-23)11-17-10-15(2)25(16(17)3)19-8-9-19/h10-11,14,19-20H,4-9,13H2,1-3H3,(H,24,26)/b18-11+/t14-,20-/m0/s1. The van der Waals surface area contributed by atoms with Gasteiger partial charge in [0, 0.05) is 23.5 Å². The highest BCUT2D eigenvalue weighted by Gasteiger charge is 2.27. The zero-order chi connectivity index (χ0) is 20.3. The van der Waals surface area contributed by atoms with Gasteiger partial charge in [-0.05, 0) is 63.2 Å². The number of carbonyl (C=O) groups excluding carboxylic acids is 2. The summed E-state index contributed by atoms with van der Waals surface area (Å²) in [7, 11) is 0. The number of hydrogen-bond acceptors (Lipinski definition) is 4. The summed E-state index contributed by atoms with van der Waals surface area (Å²) >= 11 is 0. The molecule has 0 bridgehead atoms. The molecule has 6 heteroatoms. The number of nitriles is 1. The molecular weight excluding hydrogens is 354 g/mol. The lowest BCUT2D eigenvalue weighted by molar-refractivity contribution is -0.144. The van der Waals surface area contributed by atoms with E-state index in [4.69, 9.17) is 4.74 Å². The van der Waals surface area contributed by atoms with E-state index in [9.17, 15) is 14.9 Å². The minimum Gasteiger partial charge on any atom is -0.451 e. The van der Waals surface area contributed by atoms with Crippen molar-refractivity contribution in [2.24, 2.45) is 5.92 Å². The van der Waals surface area contributed by atoms with E-state index >= 15 is 0 Å². The van der Waals surface area contributed by atoms with Crippen molar-refractivity contribution < 1.29 is 14.3 Å². The van der Waals surface area contributed by atoms with E-state index in [1.54, 1.807) is 6.08 Å². The number of esters is 1. The summed E-state index contributed by atoms with van der Waals surface area (Å²) in [6.45, 7) is 5.80. The lowest BCUT2D eigenvalue weighted by Gasteiger charge is -2.29. The third kappa shape index (κ3) is 4.64. The second-order valence-electron chi connectivity index (χ2n) is 8.11. The number of nitrogens with zero attached hydrogens (tertiary/aromatic N) is 2. The van der Waals surface area contributed by atoms with E-state index in [-0.39, 0.29) is 24.1 Å². The van der Waals surface area contributed by atoms with E-state index in [1.165, 1.54) is 19.3 Å². The number of carbonyl (C=O) groups is 2. The Morgan fingerprint density at radius 2 is 2.00 bits per heavy atom. The maximum absolute atomic E-state index is 12.3. The summed E-state index contributed by atoms with van der Waals surface area (Å²) in [5, 5.41) is 12.3. The number of hydrogen-bond donors (Lipinski definition) is 1. The smallest absolute Gasteiger partial charge is 0.349 e. The van der Waals surface area contributed by atoms with Crippen LogP contribution in [0.2, 0.25) is 0 Å². The molecule has 1 amide bonds. The van der Waals surface area contributed by atoms with Gasteiger partial charge in [-0.25, -0.2) is 4.79 Å². The summed E-state index contributed by atoms with van der Waals surface area (Å²) < 4.78 is 7.35. The second-order valence-corrected chi connectivity index (χ2v) is 8.11. The molecule has 0 saturated heterocycles. The highest BCUT2D eigenvalue weighted by Crippen LogP contribution is 2.38. The Bertz CT molecular complexity index is 827. The van der Waals surface area contributed by atoms with E-state index in [2.05, 4.69) is 16.8 Å². The summed E-state index contributed by atoms with van der Waals surface area (Å²) in [6, 6.07) is 4.56. The van der Waals surface area contributed by atoms with Crippen molar-refractivity contribution in [3.8, 4) is 6.07 Å². The molecule has 0 spiro atoms. The molecular formula is C22H29N3O3. The fraction of sp³-hybridized carbons (Fsp3) is 0.591. The Morgan fingerprint density at radius 3 is 2.64 bits per heavy atom.